The summed E-state index contributed by atoms with van der Waals surface area (Å²) in [5.74, 6) is 0.740. The van der Waals surface area contributed by atoms with Gasteiger partial charge in [-0.2, -0.15) is 0 Å². The van der Waals surface area contributed by atoms with E-state index >= 15 is 0 Å². The van der Waals surface area contributed by atoms with Crippen LogP contribution in [0.4, 0.5) is 11.4 Å². The van der Waals surface area contributed by atoms with E-state index in [1.807, 2.05) is 19.1 Å². The molecule has 150 valence electrons. The van der Waals surface area contributed by atoms with Gasteiger partial charge in [0.1, 0.15) is 0 Å². The lowest BCUT2D eigenvalue weighted by Gasteiger charge is -2.20. The highest BCUT2D eigenvalue weighted by Gasteiger charge is 2.23. The Labute approximate surface area is 182 Å². The van der Waals surface area contributed by atoms with Gasteiger partial charge in [-0.25, -0.2) is 4.99 Å². The number of hydrogen-bond acceptors (Lipinski definition) is 4. The van der Waals surface area contributed by atoms with Crippen LogP contribution in [-0.4, -0.2) is 36.6 Å². The van der Waals surface area contributed by atoms with Crippen LogP contribution in [0.3, 0.4) is 0 Å². The highest BCUT2D eigenvalue weighted by Crippen LogP contribution is 2.19. The van der Waals surface area contributed by atoms with Gasteiger partial charge in [0.2, 0.25) is 0 Å². The van der Waals surface area contributed by atoms with Crippen LogP contribution in [0.15, 0.2) is 59.6 Å². The van der Waals surface area contributed by atoms with Crippen molar-refractivity contribution < 1.29 is 4.92 Å². The molecule has 2 aromatic carbocycles. The number of benzene rings is 2. The molecule has 0 aromatic heterocycles. The maximum Gasteiger partial charge on any atom is 0.269 e. The Balaban J connectivity index is 0.00000280. The molecular formula is C20H26IN5O2. The SMILES string of the molecule is CCNC(=NCc1cccc([N+](=O)[O-])c1)NC1CCN(c2ccccc2)C1.I. The van der Waals surface area contributed by atoms with Crippen LogP contribution in [0.5, 0.6) is 0 Å². The van der Waals surface area contributed by atoms with E-state index in [9.17, 15) is 10.1 Å². The van der Waals surface area contributed by atoms with Gasteiger partial charge < -0.3 is 15.5 Å². The summed E-state index contributed by atoms with van der Waals surface area (Å²) in [5, 5.41) is 17.7. The number of nitrogens with zero attached hydrogens (tertiary/aromatic N) is 3. The zero-order chi connectivity index (χ0) is 19.1. The van der Waals surface area contributed by atoms with Gasteiger partial charge >= 0.3 is 0 Å². The van der Waals surface area contributed by atoms with Crippen molar-refractivity contribution in [3.8, 4) is 0 Å². The molecule has 0 radical (unpaired) electrons. The summed E-state index contributed by atoms with van der Waals surface area (Å²) in [6.45, 7) is 5.11. The first-order valence-electron chi connectivity index (χ1n) is 9.24. The van der Waals surface area contributed by atoms with Crippen LogP contribution in [0, 0.1) is 10.1 Å². The fourth-order valence-electron chi connectivity index (χ4n) is 3.20. The second-order valence-corrected chi connectivity index (χ2v) is 6.53. The lowest BCUT2D eigenvalue weighted by Crippen LogP contribution is -2.44. The Kier molecular flexibility index (Phi) is 8.49. The number of nitro groups is 1. The molecule has 1 heterocycles. The molecule has 8 heteroatoms. The number of hydrogen-bond donors (Lipinski definition) is 2. The first-order valence-corrected chi connectivity index (χ1v) is 9.24. The lowest BCUT2D eigenvalue weighted by atomic mass is 10.2. The van der Waals surface area contributed by atoms with Crippen LogP contribution in [0.25, 0.3) is 0 Å². The van der Waals surface area contributed by atoms with Gasteiger partial charge in [-0.05, 0) is 31.0 Å². The Hall–Kier alpha value is -2.36. The van der Waals surface area contributed by atoms with E-state index in [1.54, 1.807) is 12.1 Å². The van der Waals surface area contributed by atoms with E-state index < -0.39 is 0 Å². The molecule has 1 atom stereocenters. The van der Waals surface area contributed by atoms with Crippen molar-refractivity contribution in [3.05, 3.63) is 70.3 Å². The molecule has 1 saturated heterocycles. The van der Waals surface area contributed by atoms with E-state index in [4.69, 9.17) is 0 Å². The van der Waals surface area contributed by atoms with Crippen molar-refractivity contribution in [1.29, 1.82) is 0 Å². The monoisotopic (exact) mass is 495 g/mol. The number of anilines is 1. The molecular weight excluding hydrogens is 469 g/mol. The second-order valence-electron chi connectivity index (χ2n) is 6.53. The smallest absolute Gasteiger partial charge is 0.269 e. The molecule has 1 fully saturated rings. The Morgan fingerprint density at radius 1 is 1.25 bits per heavy atom. The molecule has 0 saturated carbocycles. The highest BCUT2D eigenvalue weighted by atomic mass is 127. The van der Waals surface area contributed by atoms with Crippen molar-refractivity contribution in [2.24, 2.45) is 4.99 Å². The fraction of sp³-hybridized carbons (Fsp3) is 0.350. The van der Waals surface area contributed by atoms with Crippen molar-refractivity contribution in [2.45, 2.75) is 25.9 Å². The Morgan fingerprint density at radius 3 is 2.75 bits per heavy atom. The van der Waals surface area contributed by atoms with Gasteiger partial charge in [-0.15, -0.1) is 24.0 Å². The number of rotatable bonds is 6. The quantitative estimate of drug-likeness (QED) is 0.211. The molecule has 1 aliphatic rings. The summed E-state index contributed by atoms with van der Waals surface area (Å²) in [6.07, 6.45) is 1.04. The molecule has 0 spiro atoms. The van der Waals surface area contributed by atoms with Crippen LogP contribution in [-0.2, 0) is 6.54 Å². The molecule has 1 unspecified atom stereocenters. The zero-order valence-electron chi connectivity index (χ0n) is 15.9. The van der Waals surface area contributed by atoms with Crippen LogP contribution in [0.2, 0.25) is 0 Å². The average molecular weight is 495 g/mol. The lowest BCUT2D eigenvalue weighted by molar-refractivity contribution is -0.384. The predicted octanol–water partition coefficient (Wildman–Crippen LogP) is 3.55. The minimum atomic E-state index is -0.382. The summed E-state index contributed by atoms with van der Waals surface area (Å²) in [6, 6.07) is 17.3. The number of nitro benzene ring substituents is 1. The second kappa shape index (κ2) is 10.8. The first kappa shape index (κ1) is 21.9. The van der Waals surface area contributed by atoms with Gasteiger partial charge in [0.25, 0.3) is 5.69 Å². The summed E-state index contributed by atoms with van der Waals surface area (Å²) in [7, 11) is 0. The molecule has 2 aromatic rings. The number of non-ortho nitro benzene ring substituents is 1. The largest absolute Gasteiger partial charge is 0.369 e. The molecule has 3 rings (SSSR count). The van der Waals surface area contributed by atoms with E-state index in [0.717, 1.165) is 37.6 Å². The minimum absolute atomic E-state index is 0. The number of aliphatic imine (C=N–C) groups is 1. The number of halogens is 1. The van der Waals surface area contributed by atoms with Gasteiger partial charge in [-0.3, -0.25) is 10.1 Å². The Morgan fingerprint density at radius 2 is 2.04 bits per heavy atom. The third-order valence-corrected chi connectivity index (χ3v) is 4.54. The summed E-state index contributed by atoms with van der Waals surface area (Å²) >= 11 is 0. The molecule has 1 aliphatic heterocycles. The molecule has 0 bridgehead atoms. The minimum Gasteiger partial charge on any atom is -0.369 e. The van der Waals surface area contributed by atoms with Gasteiger partial charge in [0, 0.05) is 43.5 Å². The third-order valence-electron chi connectivity index (χ3n) is 4.54. The van der Waals surface area contributed by atoms with E-state index in [2.05, 4.69) is 44.8 Å². The third kappa shape index (κ3) is 6.08. The maximum absolute atomic E-state index is 10.9. The van der Waals surface area contributed by atoms with Crippen molar-refractivity contribution in [2.75, 3.05) is 24.5 Å². The zero-order valence-corrected chi connectivity index (χ0v) is 18.2. The number of guanidine groups is 1. The molecule has 7 nitrogen and oxygen atoms in total. The maximum atomic E-state index is 10.9. The fourth-order valence-corrected chi connectivity index (χ4v) is 3.20. The van der Waals surface area contributed by atoms with Crippen LogP contribution < -0.4 is 15.5 Å². The molecule has 2 N–H and O–H groups in total. The first-order chi connectivity index (χ1) is 13.2. The van der Waals surface area contributed by atoms with Gasteiger partial charge in [-0.1, -0.05) is 30.3 Å². The van der Waals surface area contributed by atoms with E-state index in [1.165, 1.54) is 11.8 Å². The average Bonchev–Trinajstić information content (AvgIpc) is 3.16. The number of para-hydroxylation sites is 1. The molecule has 0 aliphatic carbocycles. The van der Waals surface area contributed by atoms with Gasteiger partial charge in [0.05, 0.1) is 11.5 Å². The summed E-state index contributed by atoms with van der Waals surface area (Å²) in [5.41, 5.74) is 2.15. The Bertz CT molecular complexity index is 800. The van der Waals surface area contributed by atoms with Crippen molar-refractivity contribution in [3.63, 3.8) is 0 Å². The normalized spacial score (nSPS) is 16.4. The van der Waals surface area contributed by atoms with E-state index in [-0.39, 0.29) is 34.6 Å². The topological polar surface area (TPSA) is 82.8 Å². The van der Waals surface area contributed by atoms with Gasteiger partial charge in [0.15, 0.2) is 5.96 Å². The van der Waals surface area contributed by atoms with Crippen molar-refractivity contribution >= 4 is 41.3 Å². The molecule has 28 heavy (non-hydrogen) atoms. The standard InChI is InChI=1S/C20H25N5O2.HI/c1-2-21-20(22-14-16-7-6-10-19(13-16)25(26)27)23-17-11-12-24(15-17)18-8-4-3-5-9-18;/h3-10,13,17H,2,11-12,14-15H2,1H3,(H2,21,22,23);1H. The van der Waals surface area contributed by atoms with Crippen LogP contribution >= 0.6 is 24.0 Å². The number of nitrogens with one attached hydrogen (secondary N) is 2. The highest BCUT2D eigenvalue weighted by molar-refractivity contribution is 14.0. The van der Waals surface area contributed by atoms with E-state index in [0.29, 0.717) is 12.6 Å². The summed E-state index contributed by atoms with van der Waals surface area (Å²) < 4.78 is 0. The van der Waals surface area contributed by atoms with Crippen LogP contribution in [0.1, 0.15) is 18.9 Å². The molecule has 0 amide bonds. The summed E-state index contributed by atoms with van der Waals surface area (Å²) in [4.78, 5) is 17.5. The van der Waals surface area contributed by atoms with Crippen molar-refractivity contribution in [1.82, 2.24) is 10.6 Å². The predicted molar refractivity (Wildman–Crippen MR) is 124 cm³/mol.